The van der Waals surface area contributed by atoms with Gasteiger partial charge in [0.2, 0.25) is 0 Å². The number of hydrogen-bond donors (Lipinski definition) is 2. The summed E-state index contributed by atoms with van der Waals surface area (Å²) in [7, 11) is 0. The molecule has 0 saturated heterocycles. The summed E-state index contributed by atoms with van der Waals surface area (Å²) < 4.78 is 27.7. The lowest BCUT2D eigenvalue weighted by atomic mass is 9.90. The Balaban J connectivity index is 1.61. The number of carbonyl (C=O) groups is 2. The van der Waals surface area contributed by atoms with Gasteiger partial charge in [-0.15, -0.1) is 11.3 Å². The van der Waals surface area contributed by atoms with Crippen molar-refractivity contribution in [1.29, 1.82) is 0 Å². The molecule has 0 atom stereocenters. The van der Waals surface area contributed by atoms with Gasteiger partial charge in [-0.25, -0.2) is 8.78 Å². The van der Waals surface area contributed by atoms with Crippen LogP contribution in [0.2, 0.25) is 5.02 Å². The summed E-state index contributed by atoms with van der Waals surface area (Å²) in [6.45, 7) is 0.123. The minimum Gasteiger partial charge on any atom is -0.331 e. The zero-order chi connectivity index (χ0) is 24.2. The summed E-state index contributed by atoms with van der Waals surface area (Å²) in [5, 5.41) is 5.08. The van der Waals surface area contributed by atoms with Gasteiger partial charge in [0.25, 0.3) is 11.8 Å². The Morgan fingerprint density at radius 3 is 2.41 bits per heavy atom. The first kappa shape index (κ1) is 24.3. The van der Waals surface area contributed by atoms with Gasteiger partial charge >= 0.3 is 0 Å². The zero-order valence-electron chi connectivity index (χ0n) is 18.3. The number of carbonyl (C=O) groups excluding carboxylic acids is 2. The Morgan fingerprint density at radius 2 is 1.76 bits per heavy atom. The maximum absolute atomic E-state index is 13.8. The smallest absolute Gasteiger partial charge is 0.265 e. The molecule has 0 bridgehead atoms. The van der Waals surface area contributed by atoms with E-state index in [4.69, 9.17) is 17.3 Å². The minimum atomic E-state index is -0.815. The summed E-state index contributed by atoms with van der Waals surface area (Å²) in [5.41, 5.74) is 7.13. The van der Waals surface area contributed by atoms with E-state index in [0.717, 1.165) is 31.0 Å². The highest BCUT2D eigenvalue weighted by Gasteiger charge is 2.29. The van der Waals surface area contributed by atoms with E-state index in [9.17, 15) is 18.4 Å². The van der Waals surface area contributed by atoms with Gasteiger partial charge in [0, 0.05) is 41.0 Å². The lowest BCUT2D eigenvalue weighted by molar-refractivity contribution is 0.0605. The van der Waals surface area contributed by atoms with E-state index >= 15 is 0 Å². The Hall–Kier alpha value is -2.81. The van der Waals surface area contributed by atoms with E-state index in [1.165, 1.54) is 11.3 Å². The molecule has 1 heterocycles. The van der Waals surface area contributed by atoms with E-state index in [0.29, 0.717) is 34.0 Å². The largest absolute Gasteiger partial charge is 0.331 e. The number of halogens is 3. The second kappa shape index (κ2) is 10.6. The number of thiophene rings is 1. The van der Waals surface area contributed by atoms with Gasteiger partial charge in [0.15, 0.2) is 0 Å². The van der Waals surface area contributed by atoms with Crippen LogP contribution < -0.4 is 11.1 Å². The quantitative estimate of drug-likeness (QED) is 0.443. The molecule has 5 nitrogen and oxygen atoms in total. The van der Waals surface area contributed by atoms with Crippen molar-refractivity contribution in [1.82, 2.24) is 4.90 Å². The van der Waals surface area contributed by atoms with Gasteiger partial charge < -0.3 is 16.0 Å². The predicted molar refractivity (Wildman–Crippen MR) is 130 cm³/mol. The van der Waals surface area contributed by atoms with Crippen molar-refractivity contribution >= 4 is 40.4 Å². The number of hydrogen-bond acceptors (Lipinski definition) is 4. The normalized spacial score (nSPS) is 17.9. The Labute approximate surface area is 205 Å². The molecule has 2 amide bonds. The van der Waals surface area contributed by atoms with Gasteiger partial charge in [0.05, 0.1) is 4.88 Å². The van der Waals surface area contributed by atoms with Crippen molar-refractivity contribution < 1.29 is 18.4 Å². The average molecular weight is 504 g/mol. The van der Waals surface area contributed by atoms with Crippen LogP contribution in [0.5, 0.6) is 0 Å². The van der Waals surface area contributed by atoms with Crippen molar-refractivity contribution in [3.05, 3.63) is 86.6 Å². The highest BCUT2D eigenvalue weighted by atomic mass is 35.5. The second-order valence-electron chi connectivity index (χ2n) is 8.40. The molecule has 0 radical (unpaired) electrons. The SMILES string of the molecule is NC1CCC(N(Cc2cc(NC(=O)c3cccs3)ccc2Cl)C(=O)c2cc(F)cc(F)c2)CC1. The van der Waals surface area contributed by atoms with Crippen LogP contribution >= 0.6 is 22.9 Å². The van der Waals surface area contributed by atoms with Crippen LogP contribution in [-0.2, 0) is 6.54 Å². The highest BCUT2D eigenvalue weighted by molar-refractivity contribution is 7.12. The first-order valence-electron chi connectivity index (χ1n) is 11.0. The number of rotatable bonds is 6. The van der Waals surface area contributed by atoms with Crippen molar-refractivity contribution in [3.63, 3.8) is 0 Å². The third-order valence-electron chi connectivity index (χ3n) is 5.94. The minimum absolute atomic E-state index is 0.0642. The van der Waals surface area contributed by atoms with Crippen molar-refractivity contribution in [2.75, 3.05) is 5.32 Å². The van der Waals surface area contributed by atoms with E-state index in [2.05, 4.69) is 5.32 Å². The number of benzene rings is 2. The van der Waals surface area contributed by atoms with Crippen molar-refractivity contribution in [3.8, 4) is 0 Å². The van der Waals surface area contributed by atoms with Crippen LogP contribution in [0.3, 0.4) is 0 Å². The second-order valence-corrected chi connectivity index (χ2v) is 9.75. The fourth-order valence-corrected chi connectivity index (χ4v) is 4.98. The van der Waals surface area contributed by atoms with E-state index in [-0.39, 0.29) is 30.1 Å². The molecule has 1 aliphatic carbocycles. The number of nitrogens with zero attached hydrogens (tertiary/aromatic N) is 1. The molecular weight excluding hydrogens is 480 g/mol. The molecule has 1 aromatic heterocycles. The van der Waals surface area contributed by atoms with E-state index in [1.807, 2.05) is 5.38 Å². The first-order valence-corrected chi connectivity index (χ1v) is 12.2. The fraction of sp³-hybridized carbons (Fsp3) is 0.280. The van der Waals surface area contributed by atoms with Gasteiger partial charge in [-0.2, -0.15) is 0 Å². The van der Waals surface area contributed by atoms with Crippen LogP contribution in [0.1, 0.15) is 51.3 Å². The third kappa shape index (κ3) is 5.81. The molecule has 1 aliphatic rings. The van der Waals surface area contributed by atoms with Crippen LogP contribution in [-0.4, -0.2) is 28.8 Å². The molecule has 0 spiro atoms. The lowest BCUT2D eigenvalue weighted by Gasteiger charge is -2.36. The molecule has 1 saturated carbocycles. The molecular formula is C25H24ClF2N3O2S. The molecule has 3 N–H and O–H groups in total. The molecule has 9 heteroatoms. The summed E-state index contributed by atoms with van der Waals surface area (Å²) in [5.74, 6) is -2.36. The highest BCUT2D eigenvalue weighted by Crippen LogP contribution is 2.29. The number of nitrogens with two attached hydrogens (primary N) is 1. The molecule has 3 aromatic rings. The van der Waals surface area contributed by atoms with Gasteiger partial charge in [-0.1, -0.05) is 17.7 Å². The van der Waals surface area contributed by atoms with Crippen LogP contribution in [0.4, 0.5) is 14.5 Å². The molecule has 0 unspecified atom stereocenters. The number of anilines is 1. The molecule has 4 rings (SSSR count). The van der Waals surface area contributed by atoms with Crippen LogP contribution in [0.25, 0.3) is 0 Å². The first-order chi connectivity index (χ1) is 16.3. The fourth-order valence-electron chi connectivity index (χ4n) is 4.18. The molecule has 1 fully saturated rings. The van der Waals surface area contributed by atoms with Crippen LogP contribution in [0.15, 0.2) is 53.9 Å². The molecule has 0 aliphatic heterocycles. The Kier molecular flexibility index (Phi) is 7.60. The number of nitrogens with one attached hydrogen (secondary N) is 1. The summed E-state index contributed by atoms with van der Waals surface area (Å²) >= 11 is 7.78. The maximum atomic E-state index is 13.8. The topological polar surface area (TPSA) is 75.4 Å². The zero-order valence-corrected chi connectivity index (χ0v) is 19.8. The maximum Gasteiger partial charge on any atom is 0.265 e. The van der Waals surface area contributed by atoms with Crippen molar-refractivity contribution in [2.45, 2.75) is 44.3 Å². The van der Waals surface area contributed by atoms with Gasteiger partial charge in [-0.05, 0) is 73.0 Å². The van der Waals surface area contributed by atoms with Crippen molar-refractivity contribution in [2.24, 2.45) is 5.73 Å². The standard InChI is InChI=1S/C25H24ClF2N3O2S/c26-22-8-5-20(30-24(32)23-2-1-9-34-23)12-16(22)14-31(21-6-3-19(29)4-7-21)25(33)15-10-17(27)13-18(28)11-15/h1-2,5,8-13,19,21H,3-4,6-7,14,29H2,(H,30,32). The third-order valence-corrected chi connectivity index (χ3v) is 7.18. The predicted octanol–water partition coefficient (Wildman–Crippen LogP) is 5.84. The van der Waals surface area contributed by atoms with Gasteiger partial charge in [0.1, 0.15) is 11.6 Å². The molecule has 178 valence electrons. The molecule has 2 aromatic carbocycles. The monoisotopic (exact) mass is 503 g/mol. The lowest BCUT2D eigenvalue weighted by Crippen LogP contribution is -2.44. The summed E-state index contributed by atoms with van der Waals surface area (Å²) in [4.78, 5) is 28.0. The number of amides is 2. The molecule has 34 heavy (non-hydrogen) atoms. The average Bonchev–Trinajstić information content (AvgIpc) is 3.34. The van der Waals surface area contributed by atoms with E-state index < -0.39 is 17.5 Å². The van der Waals surface area contributed by atoms with Crippen LogP contribution in [0, 0.1) is 11.6 Å². The Bertz CT molecular complexity index is 1160. The van der Waals surface area contributed by atoms with Gasteiger partial charge in [-0.3, -0.25) is 9.59 Å². The Morgan fingerprint density at radius 1 is 1.06 bits per heavy atom. The summed E-state index contributed by atoms with van der Waals surface area (Å²) in [6, 6.07) is 11.3. The van der Waals surface area contributed by atoms with E-state index in [1.54, 1.807) is 35.2 Å². The summed E-state index contributed by atoms with van der Waals surface area (Å²) in [6.07, 6.45) is 2.85.